The highest BCUT2D eigenvalue weighted by Crippen LogP contribution is 2.38. The number of carbonyl (C=O) groups is 2. The number of nitrogens with zero attached hydrogens (tertiary/aromatic N) is 4. The average Bonchev–Trinajstić information content (AvgIpc) is 3.98. The number of ether oxygens (including phenoxy) is 5. The Morgan fingerprint density at radius 1 is 0.638 bits per heavy atom. The Labute approximate surface area is 404 Å². The van der Waals surface area contributed by atoms with E-state index in [9.17, 15) is 18.0 Å². The molecule has 5 aromatic carbocycles. The quantitative estimate of drug-likeness (QED) is 0.109. The van der Waals surface area contributed by atoms with E-state index >= 15 is 0 Å². The molecule has 5 aromatic rings. The lowest BCUT2D eigenvalue weighted by Gasteiger charge is -2.18. The summed E-state index contributed by atoms with van der Waals surface area (Å²) in [4.78, 5) is 38.5. The van der Waals surface area contributed by atoms with E-state index in [0.29, 0.717) is 59.6 Å². The SMILES string of the molecule is C.C.CCc1cccc(COS(C)(=O)=O)c1.COc1cc2c(cc1OCc1cccc(COc3cc4c(cc3C)C(=O)N3COC[C@H]3C=N4)c1)N=C[C@@H]1COCN1C2=O.OCc1cccc(CO)c1. The molecule has 16 nitrogen and oxygen atoms in total. The summed E-state index contributed by atoms with van der Waals surface area (Å²) in [5.41, 5.74) is 8.62. The van der Waals surface area contributed by atoms with Crippen LogP contribution in [0.2, 0.25) is 0 Å². The monoisotopic (exact) mass is 966 g/mol. The van der Waals surface area contributed by atoms with Crippen molar-refractivity contribution in [1.29, 1.82) is 0 Å². The molecule has 0 spiro atoms. The highest BCUT2D eigenvalue weighted by atomic mass is 32.2. The van der Waals surface area contributed by atoms with Gasteiger partial charge in [0.2, 0.25) is 0 Å². The zero-order valence-corrected chi connectivity index (χ0v) is 38.6. The fourth-order valence-corrected chi connectivity index (χ4v) is 7.86. The van der Waals surface area contributed by atoms with Crippen LogP contribution in [-0.2, 0) is 63.2 Å². The van der Waals surface area contributed by atoms with Gasteiger partial charge in [-0.15, -0.1) is 0 Å². The van der Waals surface area contributed by atoms with Crippen LogP contribution in [0.1, 0.15) is 81.4 Å². The summed E-state index contributed by atoms with van der Waals surface area (Å²) in [5, 5.41) is 17.4. The summed E-state index contributed by atoms with van der Waals surface area (Å²) < 4.78 is 54.9. The summed E-state index contributed by atoms with van der Waals surface area (Å²) in [7, 11) is -1.80. The summed E-state index contributed by atoms with van der Waals surface area (Å²) in [6.45, 7) is 6.16. The minimum Gasteiger partial charge on any atom is -0.493 e. The van der Waals surface area contributed by atoms with Gasteiger partial charge in [0, 0.05) is 24.6 Å². The van der Waals surface area contributed by atoms with Gasteiger partial charge in [-0.2, -0.15) is 8.42 Å². The lowest BCUT2D eigenvalue weighted by molar-refractivity contribution is 0.0675. The Morgan fingerprint density at radius 3 is 1.59 bits per heavy atom. The lowest BCUT2D eigenvalue weighted by Crippen LogP contribution is -2.36. The number of rotatable bonds is 13. The van der Waals surface area contributed by atoms with Gasteiger partial charge < -0.3 is 43.7 Å². The number of benzene rings is 5. The third-order valence-electron chi connectivity index (χ3n) is 11.1. The summed E-state index contributed by atoms with van der Waals surface area (Å²) >= 11 is 0. The predicted molar refractivity (Wildman–Crippen MR) is 264 cm³/mol. The molecule has 9 rings (SSSR count). The van der Waals surface area contributed by atoms with Gasteiger partial charge in [0.15, 0.2) is 11.5 Å². The molecule has 0 bridgehead atoms. The summed E-state index contributed by atoms with van der Waals surface area (Å²) in [6.07, 6.45) is 5.49. The molecule has 2 atom stereocenters. The standard InChI is InChI=1S/C32H30N4O7.C10H14O3S.C8H10O2.2CH4/c1-19-6-24-26(33-11-22-15-40-17-35(22)31(24)37)9-28(19)42-13-20-4-3-5-21(7-20)14-43-30-10-27-25(8-29(30)39-2)32(38)36-18-41-16-23(36)12-34-27;1-3-9-5-4-6-10(7-9)8-13-14(2,11)12;9-5-7-2-1-3-8(4-7)6-10;;/h3-12,22-23H,13-18H2,1-2H3;4-7H,3,8H2,1-2H3;1-4,9-10H,5-6H2;2*1H4/t22-,23-;;;;/m1..../s1. The van der Waals surface area contributed by atoms with E-state index in [-0.39, 0.29) is 78.6 Å². The Bertz CT molecular complexity index is 2730. The van der Waals surface area contributed by atoms with Crippen LogP contribution in [0.3, 0.4) is 0 Å². The van der Waals surface area contributed by atoms with Crippen molar-refractivity contribution >= 4 is 45.7 Å². The summed E-state index contributed by atoms with van der Waals surface area (Å²) in [5.74, 6) is 1.38. The molecule has 0 radical (unpaired) electrons. The number of hydrogen-bond donors (Lipinski definition) is 2. The average molecular weight is 967 g/mol. The second-order valence-corrected chi connectivity index (χ2v) is 17.7. The van der Waals surface area contributed by atoms with Crippen LogP contribution >= 0.6 is 0 Å². The molecule has 2 amide bonds. The number of fused-ring (bicyclic) bond motifs is 4. The van der Waals surface area contributed by atoms with Crippen LogP contribution in [0, 0.1) is 6.92 Å². The number of methoxy groups -OCH3 is 1. The van der Waals surface area contributed by atoms with E-state index < -0.39 is 10.1 Å². The first-order valence-electron chi connectivity index (χ1n) is 21.6. The molecule has 4 heterocycles. The molecule has 69 heavy (non-hydrogen) atoms. The minimum atomic E-state index is -3.34. The van der Waals surface area contributed by atoms with Crippen molar-refractivity contribution in [1.82, 2.24) is 9.80 Å². The number of carbonyl (C=O) groups excluding carboxylic acids is 2. The molecule has 4 aliphatic heterocycles. The molecule has 2 saturated heterocycles. The van der Waals surface area contributed by atoms with Crippen LogP contribution in [0.25, 0.3) is 0 Å². The molecule has 0 saturated carbocycles. The zero-order valence-electron chi connectivity index (χ0n) is 37.8. The second-order valence-electron chi connectivity index (χ2n) is 16.1. The molecular formula is C52H62N4O12S. The normalized spacial score (nSPS) is 16.4. The Balaban J connectivity index is 0.000000281. The van der Waals surface area contributed by atoms with E-state index in [2.05, 4.69) is 21.1 Å². The van der Waals surface area contributed by atoms with Gasteiger partial charge in [-0.05, 0) is 70.5 Å². The molecule has 0 unspecified atom stereocenters. The molecule has 2 N–H and O–H groups in total. The van der Waals surface area contributed by atoms with Crippen molar-refractivity contribution in [3.8, 4) is 17.2 Å². The van der Waals surface area contributed by atoms with Crippen LogP contribution < -0.4 is 14.2 Å². The van der Waals surface area contributed by atoms with E-state index in [0.717, 1.165) is 46.1 Å². The maximum Gasteiger partial charge on any atom is 0.264 e. The topological polar surface area (TPSA) is 195 Å². The fourth-order valence-electron chi connectivity index (χ4n) is 7.51. The fraction of sp³-hybridized carbons (Fsp3) is 0.346. The van der Waals surface area contributed by atoms with Gasteiger partial charge in [0.1, 0.15) is 32.4 Å². The number of aliphatic hydroxyl groups is 2. The van der Waals surface area contributed by atoms with Gasteiger partial charge in [0.25, 0.3) is 21.9 Å². The van der Waals surface area contributed by atoms with Crippen molar-refractivity contribution in [3.05, 3.63) is 147 Å². The molecule has 17 heteroatoms. The van der Waals surface area contributed by atoms with E-state index in [4.69, 9.17) is 33.9 Å². The van der Waals surface area contributed by atoms with Crippen LogP contribution in [0.5, 0.6) is 17.2 Å². The van der Waals surface area contributed by atoms with Gasteiger partial charge in [0.05, 0.1) is 81.0 Å². The van der Waals surface area contributed by atoms with Gasteiger partial charge >= 0.3 is 0 Å². The number of hydrogen-bond acceptors (Lipinski definition) is 14. The van der Waals surface area contributed by atoms with Crippen molar-refractivity contribution in [2.75, 3.05) is 40.0 Å². The molecule has 4 aliphatic rings. The summed E-state index contributed by atoms with van der Waals surface area (Å²) in [6, 6.07) is 29.6. The predicted octanol–water partition coefficient (Wildman–Crippen LogP) is 7.86. The second kappa shape index (κ2) is 24.7. The third-order valence-corrected chi connectivity index (χ3v) is 11.7. The molecule has 2 fully saturated rings. The molecule has 0 aromatic heterocycles. The third kappa shape index (κ3) is 13.8. The first-order chi connectivity index (χ1) is 32.4. The lowest BCUT2D eigenvalue weighted by atomic mass is 10.1. The van der Waals surface area contributed by atoms with Crippen molar-refractivity contribution in [2.24, 2.45) is 9.98 Å². The Kier molecular flexibility index (Phi) is 19.1. The van der Waals surface area contributed by atoms with Crippen LogP contribution in [0.4, 0.5) is 11.4 Å². The first kappa shape index (κ1) is 53.5. The van der Waals surface area contributed by atoms with Crippen molar-refractivity contribution in [3.63, 3.8) is 0 Å². The molecule has 368 valence electrons. The number of aryl methyl sites for hydroxylation is 2. The van der Waals surface area contributed by atoms with Crippen molar-refractivity contribution < 1.29 is 56.1 Å². The minimum absolute atomic E-state index is 0. The van der Waals surface area contributed by atoms with E-state index in [1.165, 1.54) is 5.56 Å². The first-order valence-corrected chi connectivity index (χ1v) is 23.5. The zero-order chi connectivity index (χ0) is 47.5. The van der Waals surface area contributed by atoms with Crippen LogP contribution in [0.15, 0.2) is 107 Å². The Morgan fingerprint density at radius 2 is 1.09 bits per heavy atom. The highest BCUT2D eigenvalue weighted by molar-refractivity contribution is 7.85. The number of aliphatic imine (C=N–C) groups is 2. The Hall–Kier alpha value is -6.47. The van der Waals surface area contributed by atoms with E-state index in [1.54, 1.807) is 47.5 Å². The number of aliphatic hydroxyl groups excluding tert-OH is 2. The van der Waals surface area contributed by atoms with Gasteiger partial charge in [-0.1, -0.05) is 88.5 Å². The highest BCUT2D eigenvalue weighted by Gasteiger charge is 2.34. The number of amides is 2. The molecule has 0 aliphatic carbocycles. The maximum atomic E-state index is 13.1. The van der Waals surface area contributed by atoms with Gasteiger partial charge in [-0.3, -0.25) is 23.8 Å². The maximum absolute atomic E-state index is 13.1. The molecular weight excluding hydrogens is 905 g/mol. The van der Waals surface area contributed by atoms with Crippen LogP contribution in [-0.4, -0.2) is 105 Å². The van der Waals surface area contributed by atoms with Crippen molar-refractivity contribution in [2.45, 2.75) is 80.2 Å². The largest absolute Gasteiger partial charge is 0.493 e. The smallest absolute Gasteiger partial charge is 0.264 e. The van der Waals surface area contributed by atoms with Gasteiger partial charge in [-0.25, -0.2) is 0 Å². The van der Waals surface area contributed by atoms with E-state index in [1.807, 2.05) is 85.8 Å².